The monoisotopic (exact) mass is 220 g/mol. The van der Waals surface area contributed by atoms with Crippen LogP contribution in [0.1, 0.15) is 12.0 Å². The number of halogens is 3. The van der Waals surface area contributed by atoms with Gasteiger partial charge in [0.25, 0.3) is 0 Å². The standard InChI is InChI=1S/C9H11F3N2O/c10-9(11,12)2-4-15-6-7-1-3-14-8(13)5-7/h1,3,5H,2,4,6H2,(H2,13,14). The first-order chi connectivity index (χ1) is 6.97. The fourth-order valence-corrected chi connectivity index (χ4v) is 0.962. The molecule has 0 aliphatic heterocycles. The van der Waals surface area contributed by atoms with E-state index < -0.39 is 12.6 Å². The highest BCUT2D eigenvalue weighted by Gasteiger charge is 2.26. The van der Waals surface area contributed by atoms with Crippen molar-refractivity contribution in [2.24, 2.45) is 0 Å². The van der Waals surface area contributed by atoms with Crippen molar-refractivity contribution in [3.8, 4) is 0 Å². The largest absolute Gasteiger partial charge is 0.391 e. The Labute approximate surface area is 85.1 Å². The Kier molecular flexibility index (Phi) is 3.90. The maximum absolute atomic E-state index is 11.7. The second-order valence-corrected chi connectivity index (χ2v) is 3.01. The summed E-state index contributed by atoms with van der Waals surface area (Å²) in [4.78, 5) is 3.75. The molecule has 0 atom stereocenters. The van der Waals surface area contributed by atoms with Gasteiger partial charge in [0.15, 0.2) is 0 Å². The quantitative estimate of drug-likeness (QED) is 0.791. The lowest BCUT2D eigenvalue weighted by Crippen LogP contribution is -2.11. The Morgan fingerprint density at radius 1 is 1.40 bits per heavy atom. The highest BCUT2D eigenvalue weighted by Crippen LogP contribution is 2.19. The van der Waals surface area contributed by atoms with Gasteiger partial charge in [-0.1, -0.05) is 0 Å². The van der Waals surface area contributed by atoms with Gasteiger partial charge in [-0.3, -0.25) is 0 Å². The van der Waals surface area contributed by atoms with E-state index in [9.17, 15) is 13.2 Å². The van der Waals surface area contributed by atoms with Gasteiger partial charge in [0, 0.05) is 6.20 Å². The third-order valence-electron chi connectivity index (χ3n) is 1.64. The minimum absolute atomic E-state index is 0.114. The van der Waals surface area contributed by atoms with Crippen LogP contribution in [0.2, 0.25) is 0 Å². The summed E-state index contributed by atoms with van der Waals surface area (Å²) in [6.45, 7) is -0.228. The molecule has 3 nitrogen and oxygen atoms in total. The van der Waals surface area contributed by atoms with E-state index in [1.807, 2.05) is 0 Å². The van der Waals surface area contributed by atoms with Crippen LogP contribution in [-0.4, -0.2) is 17.8 Å². The Morgan fingerprint density at radius 3 is 2.73 bits per heavy atom. The first-order valence-electron chi connectivity index (χ1n) is 4.32. The van der Waals surface area contributed by atoms with E-state index in [4.69, 9.17) is 10.5 Å². The zero-order chi connectivity index (χ0) is 11.3. The lowest BCUT2D eigenvalue weighted by atomic mass is 10.3. The van der Waals surface area contributed by atoms with Gasteiger partial charge >= 0.3 is 6.18 Å². The number of ether oxygens (including phenoxy) is 1. The number of hydrogen-bond donors (Lipinski definition) is 1. The number of nitrogens with zero attached hydrogens (tertiary/aromatic N) is 1. The molecule has 1 aromatic rings. The van der Waals surface area contributed by atoms with Crippen LogP contribution in [0.5, 0.6) is 0 Å². The van der Waals surface area contributed by atoms with E-state index in [1.54, 1.807) is 12.1 Å². The van der Waals surface area contributed by atoms with Crippen molar-refractivity contribution in [3.63, 3.8) is 0 Å². The van der Waals surface area contributed by atoms with Crippen molar-refractivity contribution in [2.45, 2.75) is 19.2 Å². The lowest BCUT2D eigenvalue weighted by Gasteiger charge is -2.07. The topological polar surface area (TPSA) is 48.1 Å². The second-order valence-electron chi connectivity index (χ2n) is 3.01. The lowest BCUT2D eigenvalue weighted by molar-refractivity contribution is -0.146. The number of alkyl halides is 3. The summed E-state index contributed by atoms with van der Waals surface area (Å²) < 4.78 is 40.1. The van der Waals surface area contributed by atoms with Gasteiger partial charge in [-0.25, -0.2) is 4.98 Å². The van der Waals surface area contributed by atoms with E-state index in [1.165, 1.54) is 6.20 Å². The van der Waals surface area contributed by atoms with E-state index in [0.29, 0.717) is 11.4 Å². The maximum Gasteiger partial charge on any atom is 0.391 e. The van der Waals surface area contributed by atoms with Gasteiger partial charge in [-0.05, 0) is 17.7 Å². The molecule has 0 aliphatic carbocycles. The summed E-state index contributed by atoms with van der Waals surface area (Å²) in [5, 5.41) is 0. The van der Waals surface area contributed by atoms with Crippen LogP contribution in [0.4, 0.5) is 19.0 Å². The van der Waals surface area contributed by atoms with Gasteiger partial charge in [0.1, 0.15) is 5.82 Å². The van der Waals surface area contributed by atoms with Crippen LogP contribution in [0, 0.1) is 0 Å². The first kappa shape index (κ1) is 11.8. The first-order valence-corrected chi connectivity index (χ1v) is 4.32. The average Bonchev–Trinajstić information content (AvgIpc) is 2.11. The van der Waals surface area contributed by atoms with E-state index in [2.05, 4.69) is 4.98 Å². The predicted octanol–water partition coefficient (Wildman–Crippen LogP) is 2.13. The number of pyridine rings is 1. The third kappa shape index (κ3) is 5.21. The van der Waals surface area contributed by atoms with Crippen LogP contribution in [0.3, 0.4) is 0 Å². The normalized spacial score (nSPS) is 11.7. The van der Waals surface area contributed by atoms with Crippen LogP contribution in [-0.2, 0) is 11.3 Å². The Morgan fingerprint density at radius 2 is 2.13 bits per heavy atom. The van der Waals surface area contributed by atoms with Gasteiger partial charge in [-0.15, -0.1) is 0 Å². The summed E-state index contributed by atoms with van der Waals surface area (Å²) in [5.41, 5.74) is 6.10. The third-order valence-corrected chi connectivity index (χ3v) is 1.64. The molecule has 15 heavy (non-hydrogen) atoms. The SMILES string of the molecule is Nc1cc(COCCC(F)(F)F)ccn1. The minimum Gasteiger partial charge on any atom is -0.384 e. The summed E-state index contributed by atoms with van der Waals surface area (Å²) in [5.74, 6) is 0.326. The Hall–Kier alpha value is -1.30. The van der Waals surface area contributed by atoms with Crippen molar-refractivity contribution < 1.29 is 17.9 Å². The molecule has 6 heteroatoms. The van der Waals surface area contributed by atoms with E-state index in [-0.39, 0.29) is 13.2 Å². The molecular formula is C9H11F3N2O. The van der Waals surface area contributed by atoms with Gasteiger partial charge in [0.2, 0.25) is 0 Å². The molecule has 84 valence electrons. The number of hydrogen-bond acceptors (Lipinski definition) is 3. The highest BCUT2D eigenvalue weighted by atomic mass is 19.4. The molecule has 0 spiro atoms. The minimum atomic E-state index is -4.17. The van der Waals surface area contributed by atoms with Crippen LogP contribution >= 0.6 is 0 Å². The molecule has 0 saturated carbocycles. The van der Waals surface area contributed by atoms with Gasteiger partial charge in [0.05, 0.1) is 19.6 Å². The van der Waals surface area contributed by atoms with Gasteiger partial charge < -0.3 is 10.5 Å². The molecule has 1 rings (SSSR count). The predicted molar refractivity (Wildman–Crippen MR) is 49.0 cm³/mol. The molecule has 0 amide bonds. The zero-order valence-electron chi connectivity index (χ0n) is 7.92. The van der Waals surface area contributed by atoms with Gasteiger partial charge in [-0.2, -0.15) is 13.2 Å². The number of rotatable bonds is 4. The van der Waals surface area contributed by atoms with Crippen molar-refractivity contribution in [3.05, 3.63) is 23.9 Å². The number of nitrogen functional groups attached to an aromatic ring is 1. The Bertz CT molecular complexity index is 314. The molecule has 1 aromatic heterocycles. The van der Waals surface area contributed by atoms with Crippen molar-refractivity contribution in [1.29, 1.82) is 0 Å². The number of anilines is 1. The average molecular weight is 220 g/mol. The van der Waals surface area contributed by atoms with Crippen molar-refractivity contribution in [1.82, 2.24) is 4.98 Å². The second kappa shape index (κ2) is 4.97. The summed E-state index contributed by atoms with van der Waals surface area (Å²) in [6.07, 6.45) is -3.62. The van der Waals surface area contributed by atoms with Crippen molar-refractivity contribution in [2.75, 3.05) is 12.3 Å². The molecule has 1 heterocycles. The molecule has 0 radical (unpaired) electrons. The van der Waals surface area contributed by atoms with Crippen LogP contribution < -0.4 is 5.73 Å². The Balaban J connectivity index is 2.26. The molecule has 2 N–H and O–H groups in total. The molecule has 0 aromatic carbocycles. The molecule has 0 aliphatic rings. The van der Waals surface area contributed by atoms with E-state index in [0.717, 1.165) is 0 Å². The summed E-state index contributed by atoms with van der Waals surface area (Å²) in [7, 11) is 0. The summed E-state index contributed by atoms with van der Waals surface area (Å²) >= 11 is 0. The molecule has 0 bridgehead atoms. The summed E-state index contributed by atoms with van der Waals surface area (Å²) in [6, 6.07) is 3.21. The zero-order valence-corrected chi connectivity index (χ0v) is 7.92. The maximum atomic E-state index is 11.7. The molecule has 0 unspecified atom stereocenters. The molecule has 0 saturated heterocycles. The van der Waals surface area contributed by atoms with Crippen LogP contribution in [0.15, 0.2) is 18.3 Å². The van der Waals surface area contributed by atoms with E-state index >= 15 is 0 Å². The smallest absolute Gasteiger partial charge is 0.384 e. The van der Waals surface area contributed by atoms with Crippen LogP contribution in [0.25, 0.3) is 0 Å². The van der Waals surface area contributed by atoms with Crippen molar-refractivity contribution >= 4 is 5.82 Å². The molecule has 0 fully saturated rings. The fraction of sp³-hybridized carbons (Fsp3) is 0.444. The molecular weight excluding hydrogens is 209 g/mol. The fourth-order valence-electron chi connectivity index (χ4n) is 0.962. The number of nitrogens with two attached hydrogens (primary N) is 1. The highest BCUT2D eigenvalue weighted by molar-refractivity contribution is 5.31. The number of aromatic nitrogens is 1.